The van der Waals surface area contributed by atoms with Crippen molar-refractivity contribution in [3.63, 3.8) is 0 Å². The van der Waals surface area contributed by atoms with Crippen LogP contribution < -0.4 is 14.8 Å². The van der Waals surface area contributed by atoms with E-state index in [4.69, 9.17) is 14.2 Å². The van der Waals surface area contributed by atoms with Crippen LogP contribution in [0.1, 0.15) is 24.0 Å². The first-order valence-corrected chi connectivity index (χ1v) is 10.4. The Hall–Kier alpha value is -3.53. The molecule has 0 radical (unpaired) electrons. The minimum Gasteiger partial charge on any atom is -0.493 e. The lowest BCUT2D eigenvalue weighted by molar-refractivity contribution is 0.139. The average molecular weight is 458 g/mol. The Labute approximate surface area is 187 Å². The van der Waals surface area contributed by atoms with Crippen LogP contribution in [0.5, 0.6) is 11.5 Å². The van der Waals surface area contributed by atoms with Gasteiger partial charge in [0.25, 0.3) is 6.43 Å². The van der Waals surface area contributed by atoms with Crippen molar-refractivity contribution in [3.8, 4) is 11.5 Å². The molecule has 1 unspecified atom stereocenters. The molecule has 0 amide bonds. The molecule has 5 rings (SSSR count). The predicted octanol–water partition coefficient (Wildman–Crippen LogP) is 4.75. The van der Waals surface area contributed by atoms with Crippen molar-refractivity contribution >= 4 is 22.5 Å². The highest BCUT2D eigenvalue weighted by Gasteiger charge is 2.22. The summed E-state index contributed by atoms with van der Waals surface area (Å²) in [6.45, 7) is 1.09. The van der Waals surface area contributed by atoms with E-state index in [0.717, 1.165) is 18.0 Å². The smallest absolute Gasteiger partial charge is 0.266 e. The van der Waals surface area contributed by atoms with E-state index >= 15 is 0 Å². The van der Waals surface area contributed by atoms with E-state index in [2.05, 4.69) is 15.3 Å². The molecular formula is C23H21F3N4O3. The van der Waals surface area contributed by atoms with Crippen LogP contribution in [0.2, 0.25) is 0 Å². The van der Waals surface area contributed by atoms with Crippen LogP contribution in [-0.4, -0.2) is 40.8 Å². The molecule has 1 saturated heterocycles. The number of methoxy groups -OCH3 is 1. The zero-order chi connectivity index (χ0) is 22.9. The van der Waals surface area contributed by atoms with Crippen molar-refractivity contribution in [3.05, 3.63) is 59.7 Å². The molecule has 7 nitrogen and oxygen atoms in total. The van der Waals surface area contributed by atoms with Gasteiger partial charge in [-0.2, -0.15) is 4.98 Å². The summed E-state index contributed by atoms with van der Waals surface area (Å²) in [6.07, 6.45) is 1.17. The van der Waals surface area contributed by atoms with E-state index in [0.29, 0.717) is 41.7 Å². The summed E-state index contributed by atoms with van der Waals surface area (Å²) in [5.74, 6) is 0.971. The minimum atomic E-state index is -2.89. The molecule has 1 aliphatic heterocycles. The van der Waals surface area contributed by atoms with E-state index in [1.165, 1.54) is 12.1 Å². The monoisotopic (exact) mass is 458 g/mol. The maximum atomic E-state index is 14.5. The number of anilines is 1. The van der Waals surface area contributed by atoms with E-state index in [1.54, 1.807) is 30.0 Å². The lowest BCUT2D eigenvalue weighted by atomic mass is 10.1. The molecule has 172 valence electrons. The number of ether oxygens (including phenoxy) is 3. The van der Waals surface area contributed by atoms with Crippen LogP contribution in [0.3, 0.4) is 0 Å². The summed E-state index contributed by atoms with van der Waals surface area (Å²) in [5.41, 5.74) is 0.225. The standard InChI is InChI=1S/C23H21F3N4O3/c1-31-18-10-17-16(9-19(18)33-14-5-8-32-12-14)22(29-23-27-6-7-30(17)23)28-11-13-3-2-4-15(20(13)24)21(25)26/h2-4,6-7,9-10,14,21H,5,8,11-12H2,1H3,(H,27,28,29). The highest BCUT2D eigenvalue weighted by Crippen LogP contribution is 2.37. The van der Waals surface area contributed by atoms with Gasteiger partial charge in [-0.3, -0.25) is 4.40 Å². The Balaban J connectivity index is 1.56. The van der Waals surface area contributed by atoms with Gasteiger partial charge in [-0.1, -0.05) is 18.2 Å². The second kappa shape index (κ2) is 8.78. The minimum absolute atomic E-state index is 0.0376. The molecule has 0 spiro atoms. The van der Waals surface area contributed by atoms with Gasteiger partial charge in [-0.15, -0.1) is 0 Å². The lowest BCUT2D eigenvalue weighted by Gasteiger charge is -2.18. The number of imidazole rings is 1. The summed E-state index contributed by atoms with van der Waals surface area (Å²) in [7, 11) is 1.56. The maximum Gasteiger partial charge on any atom is 0.266 e. The molecule has 33 heavy (non-hydrogen) atoms. The average Bonchev–Trinajstić information content (AvgIpc) is 3.49. The molecule has 1 N–H and O–H groups in total. The fraction of sp³-hybridized carbons (Fsp3) is 0.304. The van der Waals surface area contributed by atoms with Crippen molar-refractivity contribution in [2.75, 3.05) is 25.6 Å². The number of nitrogens with zero attached hydrogens (tertiary/aromatic N) is 3. The van der Waals surface area contributed by atoms with E-state index < -0.39 is 17.8 Å². The topological polar surface area (TPSA) is 69.9 Å². The van der Waals surface area contributed by atoms with Gasteiger partial charge in [0.2, 0.25) is 5.78 Å². The second-order valence-corrected chi connectivity index (χ2v) is 7.66. The molecule has 4 aromatic rings. The molecule has 1 aliphatic rings. The zero-order valence-electron chi connectivity index (χ0n) is 17.7. The maximum absolute atomic E-state index is 14.5. The quantitative estimate of drug-likeness (QED) is 0.431. The number of hydrogen-bond donors (Lipinski definition) is 1. The van der Waals surface area contributed by atoms with Crippen molar-refractivity contribution in [2.45, 2.75) is 25.5 Å². The van der Waals surface area contributed by atoms with Crippen LogP contribution in [0.4, 0.5) is 19.0 Å². The highest BCUT2D eigenvalue weighted by molar-refractivity contribution is 5.93. The molecule has 1 atom stereocenters. The number of nitrogens with one attached hydrogen (secondary N) is 1. The van der Waals surface area contributed by atoms with Gasteiger partial charge in [-0.05, 0) is 6.07 Å². The largest absolute Gasteiger partial charge is 0.493 e. The SMILES string of the molecule is COc1cc2c(cc1OC1CCOC1)c(NCc1cccc(C(F)F)c1F)nc1nccn12. The van der Waals surface area contributed by atoms with Crippen LogP contribution in [0.25, 0.3) is 16.7 Å². The van der Waals surface area contributed by atoms with Crippen LogP contribution in [0, 0.1) is 5.82 Å². The molecule has 10 heteroatoms. The molecule has 0 bridgehead atoms. The first kappa shape index (κ1) is 21.3. The van der Waals surface area contributed by atoms with Gasteiger partial charge in [0, 0.05) is 42.4 Å². The van der Waals surface area contributed by atoms with Crippen molar-refractivity contribution < 1.29 is 27.4 Å². The van der Waals surface area contributed by atoms with Gasteiger partial charge in [0.15, 0.2) is 11.5 Å². The Morgan fingerprint density at radius 2 is 2.15 bits per heavy atom. The Morgan fingerprint density at radius 1 is 1.27 bits per heavy atom. The fourth-order valence-electron chi connectivity index (χ4n) is 3.92. The van der Waals surface area contributed by atoms with Crippen LogP contribution >= 0.6 is 0 Å². The number of aromatic nitrogens is 3. The molecular weight excluding hydrogens is 437 g/mol. The van der Waals surface area contributed by atoms with E-state index in [9.17, 15) is 13.2 Å². The normalized spacial score (nSPS) is 16.1. The van der Waals surface area contributed by atoms with Crippen molar-refractivity contribution in [2.24, 2.45) is 0 Å². The van der Waals surface area contributed by atoms with Crippen LogP contribution in [0.15, 0.2) is 42.7 Å². The van der Waals surface area contributed by atoms with Gasteiger partial charge < -0.3 is 19.5 Å². The lowest BCUT2D eigenvalue weighted by Crippen LogP contribution is -2.16. The summed E-state index contributed by atoms with van der Waals surface area (Å²) >= 11 is 0. The van der Waals surface area contributed by atoms with Crippen molar-refractivity contribution in [1.82, 2.24) is 14.4 Å². The molecule has 2 aromatic carbocycles. The Kier molecular flexibility index (Phi) is 5.67. The zero-order valence-corrected chi connectivity index (χ0v) is 17.7. The number of alkyl halides is 2. The summed E-state index contributed by atoms with van der Waals surface area (Å²) in [5, 5.41) is 3.76. The summed E-state index contributed by atoms with van der Waals surface area (Å²) in [6, 6.07) is 7.57. The Morgan fingerprint density at radius 3 is 2.91 bits per heavy atom. The second-order valence-electron chi connectivity index (χ2n) is 7.66. The van der Waals surface area contributed by atoms with Gasteiger partial charge in [0.1, 0.15) is 17.7 Å². The van der Waals surface area contributed by atoms with Gasteiger partial charge in [-0.25, -0.2) is 18.2 Å². The molecule has 1 fully saturated rings. The first-order chi connectivity index (χ1) is 16.0. The molecule has 3 heterocycles. The third-order valence-electron chi connectivity index (χ3n) is 5.60. The van der Waals surface area contributed by atoms with E-state index in [-0.39, 0.29) is 18.2 Å². The molecule has 0 saturated carbocycles. The van der Waals surface area contributed by atoms with Gasteiger partial charge in [0.05, 0.1) is 31.4 Å². The number of fused-ring (bicyclic) bond motifs is 3. The predicted molar refractivity (Wildman–Crippen MR) is 116 cm³/mol. The molecule has 0 aliphatic carbocycles. The third kappa shape index (κ3) is 4.02. The first-order valence-electron chi connectivity index (χ1n) is 10.4. The number of benzene rings is 2. The van der Waals surface area contributed by atoms with Crippen LogP contribution in [-0.2, 0) is 11.3 Å². The third-order valence-corrected chi connectivity index (χ3v) is 5.60. The van der Waals surface area contributed by atoms with Gasteiger partial charge >= 0.3 is 0 Å². The number of hydrogen-bond acceptors (Lipinski definition) is 6. The fourth-order valence-corrected chi connectivity index (χ4v) is 3.92. The summed E-state index contributed by atoms with van der Waals surface area (Å²) < 4.78 is 59.5. The number of halogens is 3. The van der Waals surface area contributed by atoms with E-state index in [1.807, 2.05) is 6.07 Å². The number of rotatable bonds is 7. The Bertz CT molecular complexity index is 1310. The highest BCUT2D eigenvalue weighted by atomic mass is 19.3. The summed E-state index contributed by atoms with van der Waals surface area (Å²) in [4.78, 5) is 8.79. The molecule has 2 aromatic heterocycles. The van der Waals surface area contributed by atoms with Crippen molar-refractivity contribution in [1.29, 1.82) is 0 Å².